The van der Waals surface area contributed by atoms with Crippen molar-refractivity contribution in [2.45, 2.75) is 51.4 Å². The lowest BCUT2D eigenvalue weighted by Gasteiger charge is -2.26. The van der Waals surface area contributed by atoms with Gasteiger partial charge in [-0.3, -0.25) is 14.5 Å². The summed E-state index contributed by atoms with van der Waals surface area (Å²) in [6, 6.07) is 8.02. The number of hydrogen-bond donors (Lipinski definition) is 2. The number of hydrogen-bond acceptors (Lipinski definition) is 4. The van der Waals surface area contributed by atoms with E-state index in [-0.39, 0.29) is 24.9 Å². The molecule has 0 unspecified atom stereocenters. The van der Waals surface area contributed by atoms with Gasteiger partial charge in [-0.1, -0.05) is 32.1 Å². The van der Waals surface area contributed by atoms with Crippen molar-refractivity contribution >= 4 is 23.2 Å². The van der Waals surface area contributed by atoms with Gasteiger partial charge in [0.05, 0.1) is 13.1 Å². The Morgan fingerprint density at radius 1 is 1.00 bits per heavy atom. The van der Waals surface area contributed by atoms with Gasteiger partial charge in [0, 0.05) is 24.5 Å². The van der Waals surface area contributed by atoms with Crippen LogP contribution in [0.15, 0.2) is 24.3 Å². The molecule has 6 heteroatoms. The molecule has 1 aliphatic carbocycles. The zero-order valence-corrected chi connectivity index (χ0v) is 16.9. The summed E-state index contributed by atoms with van der Waals surface area (Å²) in [4.78, 5) is 28.1. The number of benzene rings is 1. The van der Waals surface area contributed by atoms with Gasteiger partial charge in [0.1, 0.15) is 0 Å². The Hall–Kier alpha value is -2.08. The maximum Gasteiger partial charge on any atom is 0.238 e. The first-order chi connectivity index (χ1) is 13.6. The van der Waals surface area contributed by atoms with E-state index < -0.39 is 0 Å². The molecule has 154 valence electrons. The van der Waals surface area contributed by atoms with E-state index in [1.54, 1.807) is 0 Å². The molecule has 0 radical (unpaired) electrons. The molecular formula is C22H34N4O2. The van der Waals surface area contributed by atoms with Crippen LogP contribution in [0.2, 0.25) is 0 Å². The van der Waals surface area contributed by atoms with Gasteiger partial charge in [-0.15, -0.1) is 0 Å². The molecule has 6 nitrogen and oxygen atoms in total. The number of carbonyl (C=O) groups excluding carboxylic acids is 2. The van der Waals surface area contributed by atoms with Crippen LogP contribution in [0.4, 0.5) is 11.4 Å². The number of nitrogens with zero attached hydrogens (tertiary/aromatic N) is 2. The highest BCUT2D eigenvalue weighted by Gasteiger charge is 2.18. The molecule has 1 heterocycles. The average molecular weight is 387 g/mol. The first-order valence-corrected chi connectivity index (χ1v) is 10.8. The quantitative estimate of drug-likeness (QED) is 0.684. The van der Waals surface area contributed by atoms with E-state index in [4.69, 9.17) is 5.73 Å². The second kappa shape index (κ2) is 10.5. The molecular weight excluding hydrogens is 352 g/mol. The standard InChI is InChI=1S/C22H34N4O2/c23-21(27)16-25(15-12-18-6-2-1-3-7-18)17-22(28)24-19-8-10-20(11-9-19)26-13-4-5-14-26/h8-11,18H,1-7,12-17H2,(H2,23,27)(H,24,28). The Morgan fingerprint density at radius 2 is 1.68 bits per heavy atom. The van der Waals surface area contributed by atoms with Crippen molar-refractivity contribution in [2.75, 3.05) is 42.9 Å². The van der Waals surface area contributed by atoms with Crippen LogP contribution in [0.25, 0.3) is 0 Å². The normalized spacial score (nSPS) is 17.8. The average Bonchev–Trinajstić information content (AvgIpc) is 3.22. The van der Waals surface area contributed by atoms with Gasteiger partial charge in [0.25, 0.3) is 0 Å². The predicted molar refractivity (Wildman–Crippen MR) is 113 cm³/mol. The third-order valence-electron chi connectivity index (χ3n) is 5.95. The summed E-state index contributed by atoms with van der Waals surface area (Å²) in [6.45, 7) is 3.29. The number of carbonyl (C=O) groups is 2. The van der Waals surface area contributed by atoms with Gasteiger partial charge < -0.3 is 16.0 Å². The van der Waals surface area contributed by atoms with Gasteiger partial charge in [-0.05, 0) is 56.0 Å². The van der Waals surface area contributed by atoms with Gasteiger partial charge >= 0.3 is 0 Å². The van der Waals surface area contributed by atoms with Crippen LogP contribution < -0.4 is 16.0 Å². The lowest BCUT2D eigenvalue weighted by atomic mass is 9.87. The molecule has 1 aromatic carbocycles. The number of nitrogens with one attached hydrogen (secondary N) is 1. The third-order valence-corrected chi connectivity index (χ3v) is 5.95. The molecule has 3 N–H and O–H groups in total. The summed E-state index contributed by atoms with van der Waals surface area (Å²) in [7, 11) is 0. The highest BCUT2D eigenvalue weighted by Crippen LogP contribution is 2.26. The van der Waals surface area contributed by atoms with E-state index in [2.05, 4.69) is 22.3 Å². The van der Waals surface area contributed by atoms with Crippen molar-refractivity contribution in [3.05, 3.63) is 24.3 Å². The lowest BCUT2D eigenvalue weighted by Crippen LogP contribution is -2.40. The van der Waals surface area contributed by atoms with Gasteiger partial charge in [0.15, 0.2) is 0 Å². The molecule has 2 amide bonds. The topological polar surface area (TPSA) is 78.7 Å². The van der Waals surface area contributed by atoms with E-state index in [1.165, 1.54) is 50.6 Å². The summed E-state index contributed by atoms with van der Waals surface area (Å²) in [5, 5.41) is 2.95. The fourth-order valence-corrected chi connectivity index (χ4v) is 4.41. The number of rotatable bonds is 9. The molecule has 0 spiro atoms. The Kier molecular flexibility index (Phi) is 7.71. The fraction of sp³-hybridized carbons (Fsp3) is 0.636. The van der Waals surface area contributed by atoms with Crippen LogP contribution in [0.3, 0.4) is 0 Å². The second-order valence-electron chi connectivity index (χ2n) is 8.26. The highest BCUT2D eigenvalue weighted by molar-refractivity contribution is 5.92. The Labute approximate surface area is 168 Å². The van der Waals surface area contributed by atoms with Crippen molar-refractivity contribution in [2.24, 2.45) is 11.7 Å². The van der Waals surface area contributed by atoms with Crippen LogP contribution in [0.5, 0.6) is 0 Å². The molecule has 1 aliphatic heterocycles. The Bertz CT molecular complexity index is 634. The summed E-state index contributed by atoms with van der Waals surface area (Å²) in [5.41, 5.74) is 7.39. The van der Waals surface area contributed by atoms with Crippen LogP contribution in [0.1, 0.15) is 51.4 Å². The first kappa shape index (κ1) is 20.6. The highest BCUT2D eigenvalue weighted by atomic mass is 16.2. The summed E-state index contributed by atoms with van der Waals surface area (Å²) >= 11 is 0. The summed E-state index contributed by atoms with van der Waals surface area (Å²) in [6.07, 6.45) is 9.98. The Balaban J connectivity index is 1.48. The summed E-state index contributed by atoms with van der Waals surface area (Å²) in [5.74, 6) is 0.232. The maximum absolute atomic E-state index is 12.5. The van der Waals surface area contributed by atoms with Crippen molar-refractivity contribution < 1.29 is 9.59 Å². The molecule has 1 aromatic rings. The smallest absolute Gasteiger partial charge is 0.238 e. The lowest BCUT2D eigenvalue weighted by molar-refractivity contribution is -0.121. The first-order valence-electron chi connectivity index (χ1n) is 10.8. The molecule has 0 atom stereocenters. The van der Waals surface area contributed by atoms with Gasteiger partial charge in [-0.2, -0.15) is 0 Å². The van der Waals surface area contributed by atoms with E-state index in [9.17, 15) is 9.59 Å². The van der Waals surface area contributed by atoms with Crippen LogP contribution in [0, 0.1) is 5.92 Å². The number of amides is 2. The minimum atomic E-state index is -0.383. The largest absolute Gasteiger partial charge is 0.372 e. The Morgan fingerprint density at radius 3 is 2.32 bits per heavy atom. The van der Waals surface area contributed by atoms with E-state index >= 15 is 0 Å². The third kappa shape index (κ3) is 6.51. The van der Waals surface area contributed by atoms with E-state index in [0.717, 1.165) is 31.7 Å². The zero-order valence-electron chi connectivity index (χ0n) is 16.9. The predicted octanol–water partition coefficient (Wildman–Crippen LogP) is 2.98. The van der Waals surface area contributed by atoms with Gasteiger partial charge in [-0.25, -0.2) is 0 Å². The maximum atomic E-state index is 12.5. The molecule has 2 aliphatic rings. The molecule has 1 saturated heterocycles. The van der Waals surface area contributed by atoms with Crippen LogP contribution >= 0.6 is 0 Å². The molecule has 1 saturated carbocycles. The van der Waals surface area contributed by atoms with Crippen molar-refractivity contribution in [1.29, 1.82) is 0 Å². The minimum absolute atomic E-state index is 0.0983. The molecule has 28 heavy (non-hydrogen) atoms. The van der Waals surface area contributed by atoms with E-state index in [1.807, 2.05) is 17.0 Å². The summed E-state index contributed by atoms with van der Waals surface area (Å²) < 4.78 is 0. The van der Waals surface area contributed by atoms with Crippen LogP contribution in [-0.4, -0.2) is 49.4 Å². The second-order valence-corrected chi connectivity index (χ2v) is 8.26. The SMILES string of the molecule is NC(=O)CN(CCC1CCCCC1)CC(=O)Nc1ccc(N2CCCC2)cc1. The van der Waals surface area contributed by atoms with Crippen LogP contribution in [-0.2, 0) is 9.59 Å². The van der Waals surface area contributed by atoms with Crippen molar-refractivity contribution in [3.8, 4) is 0 Å². The monoisotopic (exact) mass is 386 g/mol. The molecule has 0 aromatic heterocycles. The number of anilines is 2. The number of nitrogens with two attached hydrogens (primary N) is 1. The molecule has 3 rings (SSSR count). The molecule has 2 fully saturated rings. The van der Waals surface area contributed by atoms with E-state index in [0.29, 0.717) is 5.92 Å². The van der Waals surface area contributed by atoms with Crippen molar-refractivity contribution in [3.63, 3.8) is 0 Å². The minimum Gasteiger partial charge on any atom is -0.372 e. The van der Waals surface area contributed by atoms with Crippen molar-refractivity contribution in [1.82, 2.24) is 4.90 Å². The number of primary amides is 1. The van der Waals surface area contributed by atoms with Gasteiger partial charge in [0.2, 0.25) is 11.8 Å². The zero-order chi connectivity index (χ0) is 19.8. The fourth-order valence-electron chi connectivity index (χ4n) is 4.41. The molecule has 0 bridgehead atoms.